The number of hydrogen-bond acceptors (Lipinski definition) is 2. The third-order valence-corrected chi connectivity index (χ3v) is 4.60. The van der Waals surface area contributed by atoms with E-state index in [1.165, 1.54) is 11.1 Å². The maximum absolute atomic E-state index is 5.98. The molecule has 2 rings (SSSR count). The van der Waals surface area contributed by atoms with E-state index >= 15 is 0 Å². The summed E-state index contributed by atoms with van der Waals surface area (Å²) in [6.45, 7) is 7.65. The Balaban J connectivity index is 1.98. The molecule has 1 aromatic heterocycles. The summed E-state index contributed by atoms with van der Waals surface area (Å²) in [4.78, 5) is 0. The van der Waals surface area contributed by atoms with Crippen LogP contribution < -0.4 is 5.32 Å². The maximum atomic E-state index is 5.98. The summed E-state index contributed by atoms with van der Waals surface area (Å²) >= 11 is 7.57. The zero-order chi connectivity index (χ0) is 13.9. The van der Waals surface area contributed by atoms with Crippen LogP contribution >= 0.6 is 22.9 Å². The Hall–Kier alpha value is -0.830. The summed E-state index contributed by atoms with van der Waals surface area (Å²) in [5, 5.41) is 5.72. The highest BCUT2D eigenvalue weighted by molar-refractivity contribution is 7.14. The van der Waals surface area contributed by atoms with Crippen molar-refractivity contribution in [2.45, 2.75) is 32.2 Å². The summed E-state index contributed by atoms with van der Waals surface area (Å²) in [7, 11) is 0. The van der Waals surface area contributed by atoms with E-state index < -0.39 is 0 Å². The molecule has 2 aromatic rings. The molecule has 0 radical (unpaired) electrons. The van der Waals surface area contributed by atoms with Gasteiger partial charge >= 0.3 is 0 Å². The Kier molecular flexibility index (Phi) is 4.67. The van der Waals surface area contributed by atoms with Gasteiger partial charge in [0.2, 0.25) is 0 Å². The minimum atomic E-state index is 0.120. The molecule has 0 spiro atoms. The van der Waals surface area contributed by atoms with Crippen molar-refractivity contribution in [2.75, 3.05) is 6.54 Å². The van der Waals surface area contributed by atoms with Crippen molar-refractivity contribution >= 4 is 22.9 Å². The molecule has 0 saturated heterocycles. The standard InChI is InChI=1S/C16H20ClNS/c1-12(13-9-15(17)19-10-13)18-11-16(2,3)14-7-5-4-6-8-14/h4-10,12,18H,11H2,1-3H3. The number of hydrogen-bond donors (Lipinski definition) is 1. The lowest BCUT2D eigenvalue weighted by Crippen LogP contribution is -2.34. The Morgan fingerprint density at radius 2 is 1.95 bits per heavy atom. The van der Waals surface area contributed by atoms with Gasteiger partial charge in [-0.15, -0.1) is 11.3 Å². The quantitative estimate of drug-likeness (QED) is 0.815. The summed E-state index contributed by atoms with van der Waals surface area (Å²) in [5.74, 6) is 0. The molecule has 0 fully saturated rings. The molecule has 1 N–H and O–H groups in total. The molecule has 3 heteroatoms. The van der Waals surface area contributed by atoms with E-state index in [1.807, 2.05) is 6.07 Å². The third kappa shape index (κ3) is 3.82. The van der Waals surface area contributed by atoms with E-state index in [9.17, 15) is 0 Å². The van der Waals surface area contributed by atoms with Crippen LogP contribution in [-0.4, -0.2) is 6.54 Å². The van der Waals surface area contributed by atoms with Crippen LogP contribution in [0.25, 0.3) is 0 Å². The number of rotatable bonds is 5. The van der Waals surface area contributed by atoms with Gasteiger partial charge in [-0.3, -0.25) is 0 Å². The number of halogens is 1. The maximum Gasteiger partial charge on any atom is 0.0931 e. The van der Waals surface area contributed by atoms with Crippen LogP contribution in [0.1, 0.15) is 37.9 Å². The first-order chi connectivity index (χ1) is 8.99. The SMILES string of the molecule is CC(NCC(C)(C)c1ccccc1)c1csc(Cl)c1. The highest BCUT2D eigenvalue weighted by Gasteiger charge is 2.21. The second kappa shape index (κ2) is 6.08. The van der Waals surface area contributed by atoms with Crippen LogP contribution in [0.4, 0.5) is 0 Å². The van der Waals surface area contributed by atoms with Crippen molar-refractivity contribution in [1.29, 1.82) is 0 Å². The fraction of sp³-hybridized carbons (Fsp3) is 0.375. The average molecular weight is 294 g/mol. The Labute approximate surface area is 124 Å². The van der Waals surface area contributed by atoms with E-state index in [2.05, 4.69) is 61.8 Å². The van der Waals surface area contributed by atoms with Gasteiger partial charge in [-0.2, -0.15) is 0 Å². The first-order valence-corrected chi connectivity index (χ1v) is 7.77. The van der Waals surface area contributed by atoms with Crippen LogP contribution in [0.5, 0.6) is 0 Å². The lowest BCUT2D eigenvalue weighted by molar-refractivity contribution is 0.436. The van der Waals surface area contributed by atoms with Gasteiger partial charge < -0.3 is 5.32 Å². The first-order valence-electron chi connectivity index (χ1n) is 6.52. The van der Waals surface area contributed by atoms with Crippen LogP contribution in [0.3, 0.4) is 0 Å². The van der Waals surface area contributed by atoms with E-state index in [4.69, 9.17) is 11.6 Å². The molecule has 1 atom stereocenters. The predicted octanol–water partition coefficient (Wildman–Crippen LogP) is 5.03. The van der Waals surface area contributed by atoms with E-state index in [0.29, 0.717) is 6.04 Å². The minimum Gasteiger partial charge on any atom is -0.309 e. The summed E-state index contributed by atoms with van der Waals surface area (Å²) in [6.07, 6.45) is 0. The lowest BCUT2D eigenvalue weighted by atomic mass is 9.84. The fourth-order valence-electron chi connectivity index (χ4n) is 2.07. The van der Waals surface area contributed by atoms with Gasteiger partial charge in [0.25, 0.3) is 0 Å². The molecule has 19 heavy (non-hydrogen) atoms. The molecule has 0 saturated carbocycles. The van der Waals surface area contributed by atoms with E-state index in [1.54, 1.807) is 11.3 Å². The Morgan fingerprint density at radius 1 is 1.26 bits per heavy atom. The van der Waals surface area contributed by atoms with Gasteiger partial charge in [-0.1, -0.05) is 55.8 Å². The molecule has 1 unspecified atom stereocenters. The van der Waals surface area contributed by atoms with Crippen LogP contribution in [-0.2, 0) is 5.41 Å². The number of benzene rings is 1. The molecular formula is C16H20ClNS. The van der Waals surface area contributed by atoms with Crippen molar-refractivity contribution in [3.05, 3.63) is 57.2 Å². The molecule has 0 aliphatic rings. The van der Waals surface area contributed by atoms with E-state index in [0.717, 1.165) is 10.9 Å². The van der Waals surface area contributed by atoms with Crippen molar-refractivity contribution in [3.63, 3.8) is 0 Å². The van der Waals surface area contributed by atoms with Crippen LogP contribution in [0.15, 0.2) is 41.8 Å². The molecule has 0 amide bonds. The highest BCUT2D eigenvalue weighted by atomic mass is 35.5. The van der Waals surface area contributed by atoms with Gasteiger partial charge in [0.05, 0.1) is 4.34 Å². The average Bonchev–Trinajstić information content (AvgIpc) is 2.84. The zero-order valence-corrected chi connectivity index (χ0v) is 13.2. The van der Waals surface area contributed by atoms with Gasteiger partial charge in [-0.05, 0) is 29.5 Å². The normalized spacial score (nSPS) is 13.5. The number of thiophene rings is 1. The van der Waals surface area contributed by atoms with Crippen molar-refractivity contribution in [2.24, 2.45) is 0 Å². The van der Waals surface area contributed by atoms with Crippen molar-refractivity contribution in [1.82, 2.24) is 5.32 Å². The molecule has 1 aromatic carbocycles. The molecule has 1 nitrogen and oxygen atoms in total. The van der Waals surface area contributed by atoms with E-state index in [-0.39, 0.29) is 5.41 Å². The Morgan fingerprint density at radius 3 is 2.53 bits per heavy atom. The van der Waals surface area contributed by atoms with Gasteiger partial charge in [0.1, 0.15) is 0 Å². The largest absolute Gasteiger partial charge is 0.309 e. The first kappa shape index (κ1) is 14.6. The second-order valence-electron chi connectivity index (χ2n) is 5.54. The fourth-order valence-corrected chi connectivity index (χ4v) is 3.05. The summed E-state index contributed by atoms with van der Waals surface area (Å²) in [5.41, 5.74) is 2.74. The van der Waals surface area contributed by atoms with Gasteiger partial charge in [-0.25, -0.2) is 0 Å². The second-order valence-corrected chi connectivity index (χ2v) is 7.08. The molecule has 0 bridgehead atoms. The van der Waals surface area contributed by atoms with Crippen LogP contribution in [0.2, 0.25) is 4.34 Å². The zero-order valence-electron chi connectivity index (χ0n) is 11.6. The van der Waals surface area contributed by atoms with Gasteiger partial charge in [0.15, 0.2) is 0 Å². The summed E-state index contributed by atoms with van der Waals surface area (Å²) < 4.78 is 0.853. The molecule has 102 valence electrons. The number of nitrogens with one attached hydrogen (secondary N) is 1. The monoisotopic (exact) mass is 293 g/mol. The predicted molar refractivity (Wildman–Crippen MR) is 85.2 cm³/mol. The lowest BCUT2D eigenvalue weighted by Gasteiger charge is -2.27. The highest BCUT2D eigenvalue weighted by Crippen LogP contribution is 2.26. The van der Waals surface area contributed by atoms with Crippen LogP contribution in [0, 0.1) is 0 Å². The molecular weight excluding hydrogens is 274 g/mol. The van der Waals surface area contributed by atoms with Gasteiger partial charge in [0, 0.05) is 18.0 Å². The molecule has 0 aliphatic carbocycles. The molecule has 0 aliphatic heterocycles. The minimum absolute atomic E-state index is 0.120. The Bertz CT molecular complexity index is 519. The van der Waals surface area contributed by atoms with Crippen molar-refractivity contribution in [3.8, 4) is 0 Å². The summed E-state index contributed by atoms with van der Waals surface area (Å²) in [6, 6.07) is 13.0. The third-order valence-electron chi connectivity index (χ3n) is 3.49. The van der Waals surface area contributed by atoms with Crippen molar-refractivity contribution < 1.29 is 0 Å². The molecule has 1 heterocycles. The smallest absolute Gasteiger partial charge is 0.0931 e. The topological polar surface area (TPSA) is 12.0 Å².